The summed E-state index contributed by atoms with van der Waals surface area (Å²) in [6.07, 6.45) is 0. The molecule has 0 radical (unpaired) electrons. The Labute approximate surface area is 64.4 Å². The second-order valence-corrected chi connectivity index (χ2v) is 2.15. The predicted molar refractivity (Wildman–Crippen MR) is 40.9 cm³/mol. The molecule has 0 saturated heterocycles. The summed E-state index contributed by atoms with van der Waals surface area (Å²) in [6, 6.07) is -0.806. The van der Waals surface area contributed by atoms with Crippen LogP contribution in [0.5, 0.6) is 0 Å². The zero-order valence-corrected chi connectivity index (χ0v) is 6.30. The van der Waals surface area contributed by atoms with E-state index in [1.54, 1.807) is 0 Å². The van der Waals surface area contributed by atoms with E-state index in [2.05, 4.69) is 12.6 Å². The highest BCUT2D eigenvalue weighted by atomic mass is 32.1. The van der Waals surface area contributed by atoms with E-state index in [9.17, 15) is 9.59 Å². The van der Waals surface area contributed by atoms with Gasteiger partial charge in [0.15, 0.2) is 0 Å². The van der Waals surface area contributed by atoms with E-state index >= 15 is 0 Å². The van der Waals surface area contributed by atoms with Crippen LogP contribution in [0.15, 0.2) is 0 Å². The third-order valence-corrected chi connectivity index (χ3v) is 1.39. The van der Waals surface area contributed by atoms with E-state index in [-0.39, 0.29) is 12.3 Å². The van der Waals surface area contributed by atoms with Crippen LogP contribution in [0.4, 0.5) is 0 Å². The summed E-state index contributed by atoms with van der Waals surface area (Å²) in [6.45, 7) is -0.277. The zero-order chi connectivity index (χ0) is 8.15. The van der Waals surface area contributed by atoms with Crippen molar-refractivity contribution in [3.05, 3.63) is 0 Å². The highest BCUT2D eigenvalue weighted by Gasteiger charge is 2.18. The normalized spacial score (nSPS) is 12.7. The Balaban J connectivity index is 3.95. The van der Waals surface area contributed by atoms with Crippen molar-refractivity contribution in [1.29, 1.82) is 0 Å². The summed E-state index contributed by atoms with van der Waals surface area (Å²) in [7, 11) is 0. The molecular weight excluding hydrogens is 152 g/mol. The van der Waals surface area contributed by atoms with Crippen molar-refractivity contribution in [3.63, 3.8) is 0 Å². The third kappa shape index (κ3) is 2.47. The number of carbonyl (C=O) groups is 2. The first-order chi connectivity index (χ1) is 4.63. The zero-order valence-electron chi connectivity index (χ0n) is 5.41. The molecule has 0 bridgehead atoms. The summed E-state index contributed by atoms with van der Waals surface area (Å²) >= 11 is 3.75. The van der Waals surface area contributed by atoms with Crippen LogP contribution in [0.2, 0.25) is 0 Å². The molecule has 4 nitrogen and oxygen atoms in total. The molecule has 0 aromatic heterocycles. The van der Waals surface area contributed by atoms with Gasteiger partial charge < -0.3 is 11.5 Å². The average molecular weight is 162 g/mol. The van der Waals surface area contributed by atoms with Crippen LogP contribution in [-0.4, -0.2) is 29.9 Å². The molecule has 0 amide bonds. The maximum Gasteiger partial charge on any atom is 0.217 e. The van der Waals surface area contributed by atoms with Crippen LogP contribution < -0.4 is 11.5 Å². The van der Waals surface area contributed by atoms with Crippen molar-refractivity contribution < 1.29 is 9.59 Å². The van der Waals surface area contributed by atoms with Crippen LogP contribution in [0.25, 0.3) is 0 Å². The van der Waals surface area contributed by atoms with E-state index in [0.29, 0.717) is 0 Å². The molecule has 0 rings (SSSR count). The standard InChI is InChI=1S/C5H10N2O2S/c6-1-4(8)5(9)3(7)2-10/h3,10H,1-2,6-7H2/t3-/m0/s1. The van der Waals surface area contributed by atoms with Gasteiger partial charge in [0, 0.05) is 5.75 Å². The van der Waals surface area contributed by atoms with E-state index in [1.165, 1.54) is 0 Å². The first-order valence-corrected chi connectivity index (χ1v) is 3.40. The number of thiol groups is 1. The molecule has 5 heteroatoms. The fraction of sp³-hybridized carbons (Fsp3) is 0.600. The molecular formula is C5H10N2O2S. The van der Waals surface area contributed by atoms with Gasteiger partial charge in [-0.15, -0.1) is 0 Å². The predicted octanol–water partition coefficient (Wildman–Crippen LogP) is -1.66. The molecule has 0 spiro atoms. The topological polar surface area (TPSA) is 86.2 Å². The van der Waals surface area contributed by atoms with Crippen molar-refractivity contribution in [3.8, 4) is 0 Å². The first-order valence-electron chi connectivity index (χ1n) is 2.77. The number of ketones is 2. The third-order valence-electron chi connectivity index (χ3n) is 0.994. The Kier molecular flexibility index (Phi) is 4.26. The van der Waals surface area contributed by atoms with Gasteiger partial charge in [0.1, 0.15) is 0 Å². The summed E-state index contributed by atoms with van der Waals surface area (Å²) in [5, 5.41) is 0. The fourth-order valence-electron chi connectivity index (χ4n) is 0.390. The van der Waals surface area contributed by atoms with Gasteiger partial charge in [-0.1, -0.05) is 0 Å². The molecule has 0 aliphatic rings. The van der Waals surface area contributed by atoms with Crippen molar-refractivity contribution in [2.75, 3.05) is 12.3 Å². The van der Waals surface area contributed by atoms with Gasteiger partial charge in [0.2, 0.25) is 11.6 Å². The number of Topliss-reactive ketones (excluding diaryl/α,β-unsaturated/α-hetero) is 2. The maximum atomic E-state index is 10.7. The smallest absolute Gasteiger partial charge is 0.217 e. The molecule has 10 heavy (non-hydrogen) atoms. The molecule has 0 aromatic rings. The van der Waals surface area contributed by atoms with Gasteiger partial charge in [-0.05, 0) is 0 Å². The molecule has 4 N–H and O–H groups in total. The molecule has 0 heterocycles. The monoisotopic (exact) mass is 162 g/mol. The summed E-state index contributed by atoms with van der Waals surface area (Å²) in [5.74, 6) is -1.11. The Morgan fingerprint density at radius 3 is 2.30 bits per heavy atom. The van der Waals surface area contributed by atoms with E-state index in [1.807, 2.05) is 0 Å². The highest BCUT2D eigenvalue weighted by Crippen LogP contribution is 1.86. The second kappa shape index (κ2) is 4.43. The molecule has 1 atom stereocenters. The first kappa shape index (κ1) is 9.61. The summed E-state index contributed by atoms with van der Waals surface area (Å²) < 4.78 is 0. The quantitative estimate of drug-likeness (QED) is 0.341. The summed E-state index contributed by atoms with van der Waals surface area (Å²) in [5.41, 5.74) is 10.1. The maximum absolute atomic E-state index is 10.7. The van der Waals surface area contributed by atoms with Gasteiger partial charge in [-0.25, -0.2) is 0 Å². The lowest BCUT2D eigenvalue weighted by molar-refractivity contribution is -0.136. The van der Waals surface area contributed by atoms with E-state index < -0.39 is 17.6 Å². The molecule has 0 fully saturated rings. The minimum Gasteiger partial charge on any atom is -0.324 e. The van der Waals surface area contributed by atoms with Crippen molar-refractivity contribution in [2.24, 2.45) is 11.5 Å². The van der Waals surface area contributed by atoms with Gasteiger partial charge in [0.25, 0.3) is 0 Å². The average Bonchev–Trinajstić information content (AvgIpc) is 2.00. The van der Waals surface area contributed by atoms with Crippen molar-refractivity contribution in [2.45, 2.75) is 6.04 Å². The van der Waals surface area contributed by atoms with Gasteiger partial charge in [0.05, 0.1) is 12.6 Å². The van der Waals surface area contributed by atoms with E-state index in [4.69, 9.17) is 11.5 Å². The van der Waals surface area contributed by atoms with Gasteiger partial charge in [-0.3, -0.25) is 9.59 Å². The van der Waals surface area contributed by atoms with Gasteiger partial charge in [-0.2, -0.15) is 12.6 Å². The molecule has 0 aromatic carbocycles. The molecule has 0 unspecified atom stereocenters. The van der Waals surface area contributed by atoms with Crippen LogP contribution >= 0.6 is 12.6 Å². The lowest BCUT2D eigenvalue weighted by Crippen LogP contribution is -2.40. The number of hydrogen-bond acceptors (Lipinski definition) is 5. The van der Waals surface area contributed by atoms with Crippen molar-refractivity contribution in [1.82, 2.24) is 0 Å². The number of hydrogen-bond donors (Lipinski definition) is 3. The fourth-order valence-corrected chi connectivity index (χ4v) is 0.556. The Morgan fingerprint density at radius 2 is 2.00 bits per heavy atom. The Morgan fingerprint density at radius 1 is 1.50 bits per heavy atom. The lowest BCUT2D eigenvalue weighted by atomic mass is 10.1. The molecule has 58 valence electrons. The lowest BCUT2D eigenvalue weighted by Gasteiger charge is -2.02. The van der Waals surface area contributed by atoms with E-state index in [0.717, 1.165) is 0 Å². The van der Waals surface area contributed by atoms with Gasteiger partial charge >= 0.3 is 0 Å². The minimum absolute atomic E-state index is 0.171. The molecule has 0 aliphatic heterocycles. The minimum atomic E-state index is -0.806. The molecule has 0 aliphatic carbocycles. The number of carbonyl (C=O) groups excluding carboxylic acids is 2. The second-order valence-electron chi connectivity index (χ2n) is 1.78. The van der Waals surface area contributed by atoms with Crippen LogP contribution in [0, 0.1) is 0 Å². The van der Waals surface area contributed by atoms with Crippen LogP contribution in [0.3, 0.4) is 0 Å². The SMILES string of the molecule is NCC(=O)C(=O)[C@@H](N)CS. The Bertz CT molecular complexity index is 149. The van der Waals surface area contributed by atoms with Crippen LogP contribution in [0.1, 0.15) is 0 Å². The number of nitrogens with two attached hydrogens (primary N) is 2. The Hall–Kier alpha value is -0.390. The highest BCUT2D eigenvalue weighted by molar-refractivity contribution is 7.80. The molecule has 0 saturated carbocycles. The van der Waals surface area contributed by atoms with Crippen molar-refractivity contribution >= 4 is 24.2 Å². The van der Waals surface area contributed by atoms with Crippen LogP contribution in [-0.2, 0) is 9.59 Å². The number of rotatable bonds is 4. The largest absolute Gasteiger partial charge is 0.324 e. The summed E-state index contributed by atoms with van der Waals surface area (Å²) in [4.78, 5) is 21.2.